The van der Waals surface area contributed by atoms with E-state index in [1.165, 1.54) is 6.07 Å². The second kappa shape index (κ2) is 5.93. The third kappa shape index (κ3) is 3.61. The number of nitrogens with one attached hydrogen (secondary N) is 1. The van der Waals surface area contributed by atoms with Gasteiger partial charge in [0.15, 0.2) is 11.6 Å². The SMILES string of the molecule is CCc1nc(Cl)cc(NCc2ccc(F)c(F)c2)n1. The standard InChI is InChI=1S/C13H12ClF2N3/c1-2-12-18-11(14)6-13(19-12)17-7-8-3-4-9(15)10(16)5-8/h3-6H,2,7H2,1H3,(H,17,18,19). The van der Waals surface area contributed by atoms with E-state index in [1.54, 1.807) is 6.07 Å². The van der Waals surface area contributed by atoms with Crippen molar-refractivity contribution in [2.75, 3.05) is 5.32 Å². The molecule has 1 aromatic carbocycles. The maximum Gasteiger partial charge on any atom is 0.159 e. The average molecular weight is 284 g/mol. The molecule has 100 valence electrons. The van der Waals surface area contributed by atoms with E-state index >= 15 is 0 Å². The van der Waals surface area contributed by atoms with Crippen LogP contribution in [-0.2, 0) is 13.0 Å². The summed E-state index contributed by atoms with van der Waals surface area (Å²) in [5, 5.41) is 3.35. The molecule has 1 aromatic heterocycles. The Labute approximate surface area is 114 Å². The molecule has 2 aromatic rings. The highest BCUT2D eigenvalue weighted by molar-refractivity contribution is 6.29. The maximum atomic E-state index is 13.0. The Bertz CT molecular complexity index is 590. The molecule has 0 saturated heterocycles. The molecule has 0 aliphatic rings. The van der Waals surface area contributed by atoms with Crippen molar-refractivity contribution < 1.29 is 8.78 Å². The van der Waals surface area contributed by atoms with Crippen molar-refractivity contribution in [1.82, 2.24) is 9.97 Å². The Morgan fingerprint density at radius 3 is 2.63 bits per heavy atom. The van der Waals surface area contributed by atoms with Crippen molar-refractivity contribution in [3.63, 3.8) is 0 Å². The minimum absolute atomic E-state index is 0.327. The summed E-state index contributed by atoms with van der Waals surface area (Å²) < 4.78 is 25.8. The number of hydrogen-bond donors (Lipinski definition) is 1. The molecule has 0 aliphatic carbocycles. The molecule has 2 rings (SSSR count). The number of rotatable bonds is 4. The van der Waals surface area contributed by atoms with Crippen LogP contribution < -0.4 is 5.32 Å². The molecule has 0 amide bonds. The summed E-state index contributed by atoms with van der Waals surface area (Å²) in [6, 6.07) is 5.33. The molecular formula is C13H12ClF2N3. The number of aromatic nitrogens is 2. The molecular weight excluding hydrogens is 272 g/mol. The molecule has 19 heavy (non-hydrogen) atoms. The van der Waals surface area contributed by atoms with Crippen LogP contribution in [0.3, 0.4) is 0 Å². The van der Waals surface area contributed by atoms with E-state index < -0.39 is 11.6 Å². The normalized spacial score (nSPS) is 10.5. The fraction of sp³-hybridized carbons (Fsp3) is 0.231. The Kier molecular flexibility index (Phi) is 4.27. The van der Waals surface area contributed by atoms with Crippen LogP contribution in [0.15, 0.2) is 24.3 Å². The highest BCUT2D eigenvalue weighted by Crippen LogP contribution is 2.14. The summed E-state index contributed by atoms with van der Waals surface area (Å²) in [5.41, 5.74) is 0.617. The first-order valence-electron chi connectivity index (χ1n) is 5.79. The molecule has 0 spiro atoms. The third-order valence-corrected chi connectivity index (χ3v) is 2.71. The highest BCUT2D eigenvalue weighted by Gasteiger charge is 2.04. The van der Waals surface area contributed by atoms with Crippen molar-refractivity contribution in [2.45, 2.75) is 19.9 Å². The van der Waals surface area contributed by atoms with Crippen LogP contribution in [0.25, 0.3) is 0 Å². The van der Waals surface area contributed by atoms with E-state index in [0.29, 0.717) is 35.3 Å². The van der Waals surface area contributed by atoms with Crippen molar-refractivity contribution in [3.05, 3.63) is 52.4 Å². The predicted octanol–water partition coefficient (Wildman–Crippen LogP) is 3.58. The molecule has 1 N–H and O–H groups in total. The van der Waals surface area contributed by atoms with E-state index in [-0.39, 0.29) is 0 Å². The summed E-state index contributed by atoms with van der Waals surface area (Å²) in [5.74, 6) is -0.543. The van der Waals surface area contributed by atoms with Crippen molar-refractivity contribution in [1.29, 1.82) is 0 Å². The van der Waals surface area contributed by atoms with Gasteiger partial charge in [0.2, 0.25) is 0 Å². The Hall–Kier alpha value is -1.75. The molecule has 3 nitrogen and oxygen atoms in total. The minimum atomic E-state index is -0.866. The Morgan fingerprint density at radius 1 is 1.16 bits per heavy atom. The Balaban J connectivity index is 2.09. The zero-order valence-electron chi connectivity index (χ0n) is 10.3. The van der Waals surface area contributed by atoms with E-state index in [0.717, 1.165) is 12.1 Å². The lowest BCUT2D eigenvalue weighted by Gasteiger charge is -2.07. The van der Waals surface area contributed by atoms with Crippen molar-refractivity contribution in [2.24, 2.45) is 0 Å². The number of halogens is 3. The molecule has 0 aliphatic heterocycles. The first kappa shape index (κ1) is 13.7. The second-order valence-electron chi connectivity index (χ2n) is 3.95. The number of benzene rings is 1. The van der Waals surface area contributed by atoms with Gasteiger partial charge in [0.1, 0.15) is 16.8 Å². The van der Waals surface area contributed by atoms with E-state index in [1.807, 2.05) is 6.92 Å². The van der Waals surface area contributed by atoms with Gasteiger partial charge in [-0.3, -0.25) is 0 Å². The summed E-state index contributed by atoms with van der Waals surface area (Å²) in [6.45, 7) is 2.25. The number of anilines is 1. The van der Waals surface area contributed by atoms with Crippen LogP contribution in [0.5, 0.6) is 0 Å². The van der Waals surface area contributed by atoms with Crippen LogP contribution in [0, 0.1) is 11.6 Å². The number of aryl methyl sites for hydroxylation is 1. The molecule has 0 fully saturated rings. The van der Waals surface area contributed by atoms with Gasteiger partial charge in [-0.2, -0.15) is 0 Å². The molecule has 0 saturated carbocycles. The fourth-order valence-corrected chi connectivity index (χ4v) is 1.76. The van der Waals surface area contributed by atoms with Crippen molar-refractivity contribution in [3.8, 4) is 0 Å². The first-order chi connectivity index (χ1) is 9.08. The predicted molar refractivity (Wildman–Crippen MR) is 70.1 cm³/mol. The van der Waals surface area contributed by atoms with Gasteiger partial charge in [-0.15, -0.1) is 0 Å². The molecule has 6 heteroatoms. The minimum Gasteiger partial charge on any atom is -0.366 e. The molecule has 0 unspecified atom stereocenters. The lowest BCUT2D eigenvalue weighted by Crippen LogP contribution is -2.04. The topological polar surface area (TPSA) is 37.8 Å². The van der Waals surface area contributed by atoms with Gasteiger partial charge in [0, 0.05) is 19.0 Å². The quantitative estimate of drug-likeness (QED) is 0.872. The highest BCUT2D eigenvalue weighted by atomic mass is 35.5. The van der Waals surface area contributed by atoms with Crippen LogP contribution >= 0.6 is 11.6 Å². The van der Waals surface area contributed by atoms with Gasteiger partial charge >= 0.3 is 0 Å². The molecule has 1 heterocycles. The summed E-state index contributed by atoms with van der Waals surface area (Å²) >= 11 is 5.86. The van der Waals surface area contributed by atoms with Crippen molar-refractivity contribution >= 4 is 17.4 Å². The van der Waals surface area contributed by atoms with Gasteiger partial charge in [-0.05, 0) is 17.7 Å². The van der Waals surface area contributed by atoms with E-state index in [2.05, 4.69) is 15.3 Å². The smallest absolute Gasteiger partial charge is 0.159 e. The van der Waals surface area contributed by atoms with E-state index in [4.69, 9.17) is 11.6 Å². The lowest BCUT2D eigenvalue weighted by atomic mass is 10.2. The van der Waals surface area contributed by atoms with Crippen LogP contribution in [0.1, 0.15) is 18.3 Å². The van der Waals surface area contributed by atoms with Gasteiger partial charge in [0.25, 0.3) is 0 Å². The molecule has 0 atom stereocenters. The third-order valence-electron chi connectivity index (χ3n) is 2.52. The summed E-state index contributed by atoms with van der Waals surface area (Å²) in [7, 11) is 0. The lowest BCUT2D eigenvalue weighted by molar-refractivity contribution is 0.507. The van der Waals surface area contributed by atoms with Gasteiger partial charge in [-0.1, -0.05) is 24.6 Å². The van der Waals surface area contributed by atoms with Gasteiger partial charge in [0.05, 0.1) is 0 Å². The zero-order chi connectivity index (χ0) is 13.8. The van der Waals surface area contributed by atoms with Gasteiger partial charge in [-0.25, -0.2) is 18.7 Å². The second-order valence-corrected chi connectivity index (χ2v) is 4.33. The largest absolute Gasteiger partial charge is 0.366 e. The van der Waals surface area contributed by atoms with Crippen LogP contribution in [0.4, 0.5) is 14.6 Å². The zero-order valence-corrected chi connectivity index (χ0v) is 11.0. The number of nitrogens with zero attached hydrogens (tertiary/aromatic N) is 2. The first-order valence-corrected chi connectivity index (χ1v) is 6.17. The average Bonchev–Trinajstić information content (AvgIpc) is 2.39. The molecule has 0 radical (unpaired) electrons. The monoisotopic (exact) mass is 283 g/mol. The maximum absolute atomic E-state index is 13.0. The fourth-order valence-electron chi connectivity index (χ4n) is 1.56. The summed E-state index contributed by atoms with van der Waals surface area (Å²) in [4.78, 5) is 8.27. The van der Waals surface area contributed by atoms with Crippen LogP contribution in [0.2, 0.25) is 5.15 Å². The summed E-state index contributed by atoms with van der Waals surface area (Å²) in [6.07, 6.45) is 0.667. The number of hydrogen-bond acceptors (Lipinski definition) is 3. The van der Waals surface area contributed by atoms with Gasteiger partial charge < -0.3 is 5.32 Å². The van der Waals surface area contributed by atoms with E-state index in [9.17, 15) is 8.78 Å². The van der Waals surface area contributed by atoms with Crippen LogP contribution in [-0.4, -0.2) is 9.97 Å². The Morgan fingerprint density at radius 2 is 1.95 bits per heavy atom. The molecule has 0 bridgehead atoms.